The third-order valence-electron chi connectivity index (χ3n) is 13.6. The van der Waals surface area contributed by atoms with E-state index in [0.29, 0.717) is 41.5 Å². The number of aromatic nitrogens is 2. The van der Waals surface area contributed by atoms with Crippen LogP contribution in [0.3, 0.4) is 0 Å². The van der Waals surface area contributed by atoms with Crippen LogP contribution in [0.4, 0.5) is 0 Å². The zero-order valence-electron chi connectivity index (χ0n) is 45.4. The van der Waals surface area contributed by atoms with Gasteiger partial charge >= 0.3 is 11.9 Å². The van der Waals surface area contributed by atoms with E-state index < -0.39 is 115 Å². The number of fused-ring (bicyclic) bond motifs is 2. The van der Waals surface area contributed by atoms with Gasteiger partial charge in [0.2, 0.25) is 41.4 Å². The van der Waals surface area contributed by atoms with Crippen LogP contribution >= 0.6 is 0 Å². The van der Waals surface area contributed by atoms with Crippen LogP contribution in [0.15, 0.2) is 122 Å². The zero-order valence-corrected chi connectivity index (χ0v) is 45.4. The predicted octanol–water partition coefficient (Wildman–Crippen LogP) is 2.40. The number of para-hydroxylation sites is 2. The number of benzene rings is 4. The van der Waals surface area contributed by atoms with Crippen molar-refractivity contribution < 1.29 is 53.4 Å². The highest BCUT2D eigenvalue weighted by Crippen LogP contribution is 2.22. The summed E-state index contributed by atoms with van der Waals surface area (Å²) in [7, 11) is 0. The van der Waals surface area contributed by atoms with E-state index in [4.69, 9.17) is 11.5 Å². The summed E-state index contributed by atoms with van der Waals surface area (Å²) in [6.07, 6.45) is 3.21. The number of carboxylic acid groups (broad SMARTS) is 2. The molecule has 15 N–H and O–H groups in total. The number of hydrogen-bond acceptors (Lipinski definition) is 11. The number of carboxylic acids is 2. The van der Waals surface area contributed by atoms with E-state index in [-0.39, 0.29) is 44.4 Å². The Kier molecular flexibility index (Phi) is 23.1. The minimum Gasteiger partial charge on any atom is -0.481 e. The first-order valence-electron chi connectivity index (χ1n) is 27.1. The Labute approximate surface area is 468 Å². The summed E-state index contributed by atoms with van der Waals surface area (Å²) in [6.45, 7) is 3.44. The molecule has 0 aliphatic heterocycles. The number of amides is 7. The molecule has 22 nitrogen and oxygen atoms in total. The van der Waals surface area contributed by atoms with Gasteiger partial charge in [0.1, 0.15) is 36.3 Å². The predicted molar refractivity (Wildman–Crippen MR) is 304 cm³/mol. The molecule has 0 bridgehead atoms. The highest BCUT2D eigenvalue weighted by molar-refractivity contribution is 5.98. The molecule has 81 heavy (non-hydrogen) atoms. The lowest BCUT2D eigenvalue weighted by Gasteiger charge is -2.28. The molecule has 7 amide bonds. The largest absolute Gasteiger partial charge is 0.481 e. The van der Waals surface area contributed by atoms with Crippen molar-refractivity contribution in [2.45, 2.75) is 120 Å². The van der Waals surface area contributed by atoms with Crippen LogP contribution in [0.5, 0.6) is 0 Å². The van der Waals surface area contributed by atoms with Crippen LogP contribution in [0.2, 0.25) is 0 Å². The average molecular weight is 1110 g/mol. The molecule has 0 spiro atoms. The van der Waals surface area contributed by atoms with Crippen molar-refractivity contribution in [3.05, 3.63) is 144 Å². The summed E-state index contributed by atoms with van der Waals surface area (Å²) < 4.78 is 0. The molecule has 0 saturated heterocycles. The maximum Gasteiger partial charge on any atom is 0.326 e. The molecule has 2 aromatic heterocycles. The molecule has 7 unspecified atom stereocenters. The smallest absolute Gasteiger partial charge is 0.326 e. The van der Waals surface area contributed by atoms with Crippen LogP contribution in [0.25, 0.3) is 21.8 Å². The molecule has 22 heteroatoms. The zero-order chi connectivity index (χ0) is 58.4. The van der Waals surface area contributed by atoms with Gasteiger partial charge in [0, 0.05) is 59.9 Å². The number of aromatic amines is 2. The molecule has 6 aromatic rings. The first-order chi connectivity index (χ1) is 38.9. The van der Waals surface area contributed by atoms with E-state index in [9.17, 15) is 53.4 Å². The Balaban J connectivity index is 1.22. The lowest BCUT2D eigenvalue weighted by atomic mass is 9.99. The van der Waals surface area contributed by atoms with E-state index in [1.807, 2.05) is 56.3 Å². The summed E-state index contributed by atoms with van der Waals surface area (Å²) in [5.74, 6) is -8.35. The fourth-order valence-corrected chi connectivity index (χ4v) is 9.38. The van der Waals surface area contributed by atoms with Crippen molar-refractivity contribution >= 4 is 75.1 Å². The lowest BCUT2D eigenvalue weighted by Crippen LogP contribution is -2.60. The van der Waals surface area contributed by atoms with Gasteiger partial charge in [-0.1, -0.05) is 111 Å². The molecular formula is C59H73N11O11. The fourth-order valence-electron chi connectivity index (χ4n) is 9.38. The summed E-state index contributed by atoms with van der Waals surface area (Å²) in [6, 6.07) is 23.0. The van der Waals surface area contributed by atoms with Gasteiger partial charge in [-0.25, -0.2) is 4.79 Å². The average Bonchev–Trinajstić information content (AvgIpc) is 4.06. The molecule has 2 heterocycles. The Bertz CT molecular complexity index is 3110. The molecule has 0 fully saturated rings. The van der Waals surface area contributed by atoms with Gasteiger partial charge < -0.3 is 68.9 Å². The lowest BCUT2D eigenvalue weighted by molar-refractivity contribution is -0.143. The SMILES string of the molecule is CC(C)CC(NC(=O)C(Cc1ccccc1)NC(=O)C(CCCCN)NC(=O)CNC(=O)C(N)Cc1ccccc1)C(=O)NC(Cc1c[nH]c2ccccc12)C(=O)NC(CCC(=O)O)C(=O)NC(Cc1c[nH]c2ccccc12)C(=O)O. The third-order valence-corrected chi connectivity index (χ3v) is 13.6. The van der Waals surface area contributed by atoms with Crippen LogP contribution in [0, 0.1) is 5.92 Å². The number of nitrogens with one attached hydrogen (secondary N) is 9. The first-order valence-corrected chi connectivity index (χ1v) is 27.1. The second-order valence-electron chi connectivity index (χ2n) is 20.4. The summed E-state index contributed by atoms with van der Waals surface area (Å²) in [5, 5.41) is 40.0. The summed E-state index contributed by atoms with van der Waals surface area (Å²) >= 11 is 0. The maximum atomic E-state index is 14.7. The van der Waals surface area contributed by atoms with Gasteiger partial charge in [-0.2, -0.15) is 0 Å². The van der Waals surface area contributed by atoms with Crippen LogP contribution < -0.4 is 48.7 Å². The molecular weight excluding hydrogens is 1040 g/mol. The first kappa shape index (κ1) is 61.3. The number of carbonyl (C=O) groups excluding carboxylic acids is 7. The Morgan fingerprint density at radius 1 is 0.494 bits per heavy atom. The van der Waals surface area contributed by atoms with E-state index in [0.717, 1.165) is 22.0 Å². The van der Waals surface area contributed by atoms with Crippen LogP contribution in [-0.2, 0) is 68.8 Å². The second-order valence-corrected chi connectivity index (χ2v) is 20.4. The molecule has 0 aliphatic rings. The molecule has 0 aliphatic carbocycles. The number of carbonyl (C=O) groups is 9. The molecule has 7 atom stereocenters. The monoisotopic (exact) mass is 1110 g/mol. The Hall–Kier alpha value is -8.89. The molecule has 4 aromatic carbocycles. The van der Waals surface area contributed by atoms with Crippen molar-refractivity contribution in [1.29, 1.82) is 0 Å². The number of rotatable bonds is 32. The number of H-pyrrole nitrogens is 2. The number of aliphatic carboxylic acids is 2. The van der Waals surface area contributed by atoms with Gasteiger partial charge in [-0.05, 0) is 85.4 Å². The molecule has 0 radical (unpaired) electrons. The van der Waals surface area contributed by atoms with E-state index >= 15 is 0 Å². The minimum absolute atomic E-state index is 0.0418. The van der Waals surface area contributed by atoms with Crippen molar-refractivity contribution in [2.75, 3.05) is 13.1 Å². The van der Waals surface area contributed by atoms with Crippen molar-refractivity contribution in [3.8, 4) is 0 Å². The second kappa shape index (κ2) is 30.5. The Morgan fingerprint density at radius 3 is 1.47 bits per heavy atom. The number of hydrogen-bond donors (Lipinski definition) is 13. The topological polar surface area (TPSA) is 362 Å². The van der Waals surface area contributed by atoms with E-state index in [1.54, 1.807) is 79.1 Å². The van der Waals surface area contributed by atoms with E-state index in [1.165, 1.54) is 0 Å². The summed E-state index contributed by atoms with van der Waals surface area (Å²) in [5.41, 5.74) is 16.0. The quantitative estimate of drug-likeness (QED) is 0.0270. The van der Waals surface area contributed by atoms with Crippen LogP contribution in [0.1, 0.15) is 74.6 Å². The van der Waals surface area contributed by atoms with Crippen molar-refractivity contribution in [2.24, 2.45) is 17.4 Å². The molecule has 430 valence electrons. The number of nitrogens with two attached hydrogens (primary N) is 2. The highest BCUT2D eigenvalue weighted by Gasteiger charge is 2.35. The highest BCUT2D eigenvalue weighted by atomic mass is 16.4. The van der Waals surface area contributed by atoms with Crippen LogP contribution in [-0.4, -0.2) is 129 Å². The fraction of sp³-hybridized carbons (Fsp3) is 0.373. The normalized spacial score (nSPS) is 13.8. The van der Waals surface area contributed by atoms with Gasteiger partial charge in [0.15, 0.2) is 0 Å². The van der Waals surface area contributed by atoms with Gasteiger partial charge in [-0.15, -0.1) is 0 Å². The van der Waals surface area contributed by atoms with Gasteiger partial charge in [0.25, 0.3) is 0 Å². The van der Waals surface area contributed by atoms with E-state index in [2.05, 4.69) is 47.2 Å². The standard InChI is InChI=1S/C59H73N11O11/c1-35(2)27-47(67-57(78)48(29-37-17-7-4-8-18-37)68-54(75)45(23-13-14-26-60)65-51(71)34-64-53(74)42(61)28-36-15-5-3-6-16-36)56(77)69-49(30-38-32-62-43-21-11-9-19-40(38)43)58(79)66-46(24-25-52(72)73)55(76)70-50(59(80)81)31-39-33-63-44-22-12-10-20-41(39)44/h3-12,15-22,32-33,35,42,45-50,62-63H,13-14,23-31,34,60-61H2,1-2H3,(H,64,74)(H,65,71)(H,66,79)(H,67,78)(H,68,75)(H,69,77)(H,70,76)(H,72,73)(H,80,81). The van der Waals surface area contributed by atoms with Gasteiger partial charge in [-0.3, -0.25) is 38.4 Å². The van der Waals surface area contributed by atoms with Gasteiger partial charge in [0.05, 0.1) is 12.6 Å². The molecule has 6 rings (SSSR count). The van der Waals surface area contributed by atoms with Crippen molar-refractivity contribution in [3.63, 3.8) is 0 Å². The third kappa shape index (κ3) is 18.9. The number of unbranched alkanes of at least 4 members (excludes halogenated alkanes) is 1. The molecule has 0 saturated carbocycles. The summed E-state index contributed by atoms with van der Waals surface area (Å²) in [4.78, 5) is 129. The van der Waals surface area contributed by atoms with Crippen molar-refractivity contribution in [1.82, 2.24) is 47.2 Å². The minimum atomic E-state index is -1.58. The maximum absolute atomic E-state index is 14.7. The Morgan fingerprint density at radius 2 is 0.938 bits per heavy atom.